The normalized spacial score (nSPS) is 13.0. The fraction of sp³-hybridized carbons (Fsp3) is 0.312. The first-order chi connectivity index (χ1) is 11.6. The van der Waals surface area contributed by atoms with Gasteiger partial charge in [-0.1, -0.05) is 0 Å². The van der Waals surface area contributed by atoms with E-state index in [1.807, 2.05) is 0 Å². The minimum atomic E-state index is -0.834. The molecule has 1 aliphatic carbocycles. The van der Waals surface area contributed by atoms with E-state index in [9.17, 15) is 14.4 Å². The smallest absolute Gasteiger partial charge is 0.413 e. The van der Waals surface area contributed by atoms with Crippen LogP contribution in [0.3, 0.4) is 0 Å². The Balaban J connectivity index is 1.92. The number of carbonyl (C=O) groups is 3. The lowest BCUT2D eigenvalue weighted by Gasteiger charge is -2.12. The quantitative estimate of drug-likeness (QED) is 0.889. The summed E-state index contributed by atoms with van der Waals surface area (Å²) in [5.74, 6) is -0.859. The number of rotatable bonds is 3. The van der Waals surface area contributed by atoms with Crippen LogP contribution < -0.4 is 10.6 Å². The Morgan fingerprint density at radius 1 is 1.21 bits per heavy atom. The molecule has 126 valence electrons. The minimum Gasteiger partial charge on any atom is -0.459 e. The van der Waals surface area contributed by atoms with E-state index < -0.39 is 17.9 Å². The number of alkyl carbamates (subject to hydrolysis) is 1. The van der Waals surface area contributed by atoms with E-state index >= 15 is 0 Å². The third-order valence-corrected chi connectivity index (χ3v) is 4.98. The summed E-state index contributed by atoms with van der Waals surface area (Å²) in [7, 11) is 1.19. The van der Waals surface area contributed by atoms with Crippen molar-refractivity contribution >= 4 is 34.2 Å². The van der Waals surface area contributed by atoms with Crippen LogP contribution in [-0.2, 0) is 17.6 Å². The molecule has 24 heavy (non-hydrogen) atoms. The summed E-state index contributed by atoms with van der Waals surface area (Å²) in [6.07, 6.45) is 4.17. The Morgan fingerprint density at radius 2 is 2.00 bits per heavy atom. The Bertz CT molecular complexity index is 779. The maximum Gasteiger partial charge on any atom is 0.413 e. The molecule has 2 aromatic heterocycles. The van der Waals surface area contributed by atoms with Gasteiger partial charge in [0.15, 0.2) is 5.76 Å². The lowest BCUT2D eigenvalue weighted by Crippen LogP contribution is -2.31. The van der Waals surface area contributed by atoms with Crippen molar-refractivity contribution in [3.05, 3.63) is 40.2 Å². The summed E-state index contributed by atoms with van der Waals surface area (Å²) in [4.78, 5) is 37.1. The molecule has 0 spiro atoms. The molecule has 1 aliphatic rings. The molecule has 0 fully saturated rings. The Hall–Kier alpha value is -2.61. The number of ether oxygens (including phenoxy) is 1. The molecule has 2 N–H and O–H groups in total. The summed E-state index contributed by atoms with van der Waals surface area (Å²) >= 11 is 1.36. The summed E-state index contributed by atoms with van der Waals surface area (Å²) in [5.41, 5.74) is 1.22. The number of aryl methyl sites for hydroxylation is 1. The third kappa shape index (κ3) is 3.18. The van der Waals surface area contributed by atoms with Gasteiger partial charge in [-0.05, 0) is 43.4 Å². The first kappa shape index (κ1) is 16.3. The van der Waals surface area contributed by atoms with Gasteiger partial charge in [-0.3, -0.25) is 14.9 Å². The molecular formula is C16H16N2O5S. The number of methoxy groups -OCH3 is 1. The zero-order chi connectivity index (χ0) is 17.1. The molecule has 0 bridgehead atoms. The van der Waals surface area contributed by atoms with Crippen molar-refractivity contribution in [3.8, 4) is 0 Å². The number of furan rings is 1. The molecule has 0 aromatic carbocycles. The van der Waals surface area contributed by atoms with E-state index in [2.05, 4.69) is 15.4 Å². The predicted octanol–water partition coefficient (Wildman–Crippen LogP) is 2.97. The molecule has 0 saturated carbocycles. The van der Waals surface area contributed by atoms with Crippen molar-refractivity contribution in [1.29, 1.82) is 0 Å². The summed E-state index contributed by atoms with van der Waals surface area (Å²) in [5, 5.41) is 5.30. The first-order valence-corrected chi connectivity index (χ1v) is 8.30. The fourth-order valence-electron chi connectivity index (χ4n) is 2.67. The van der Waals surface area contributed by atoms with Gasteiger partial charge in [0.25, 0.3) is 11.8 Å². The number of fused-ring (bicyclic) bond motifs is 1. The number of amides is 3. The lowest BCUT2D eigenvalue weighted by atomic mass is 9.95. The number of thiophene rings is 1. The maximum absolute atomic E-state index is 12.5. The Morgan fingerprint density at radius 3 is 2.71 bits per heavy atom. The molecule has 0 radical (unpaired) electrons. The highest BCUT2D eigenvalue weighted by Gasteiger charge is 2.28. The molecule has 0 aliphatic heterocycles. The van der Waals surface area contributed by atoms with E-state index in [4.69, 9.17) is 4.42 Å². The topological polar surface area (TPSA) is 97.6 Å². The molecule has 2 aromatic rings. The van der Waals surface area contributed by atoms with Crippen molar-refractivity contribution in [2.45, 2.75) is 25.7 Å². The van der Waals surface area contributed by atoms with E-state index in [0.717, 1.165) is 36.1 Å². The zero-order valence-corrected chi connectivity index (χ0v) is 13.8. The van der Waals surface area contributed by atoms with E-state index in [1.165, 1.54) is 30.8 Å². The molecule has 2 heterocycles. The molecule has 0 atom stereocenters. The zero-order valence-electron chi connectivity index (χ0n) is 13.0. The molecule has 3 rings (SSSR count). The van der Waals surface area contributed by atoms with Crippen LogP contribution in [-0.4, -0.2) is 25.0 Å². The first-order valence-electron chi connectivity index (χ1n) is 7.49. The summed E-state index contributed by atoms with van der Waals surface area (Å²) in [6, 6.07) is 3.15. The standard InChI is InChI=1S/C16H16N2O5S/c1-22-16(21)18-14(20)12-9-5-2-3-7-11(9)24-15(12)17-13(19)10-6-4-8-23-10/h4,6,8H,2-3,5,7H2,1H3,(H,17,19)(H,18,20,21). The molecule has 0 unspecified atom stereocenters. The molecule has 3 amide bonds. The second kappa shape index (κ2) is 6.88. The fourth-order valence-corrected chi connectivity index (χ4v) is 3.95. The van der Waals surface area contributed by atoms with Crippen molar-refractivity contribution in [2.75, 3.05) is 12.4 Å². The largest absolute Gasteiger partial charge is 0.459 e. The predicted molar refractivity (Wildman–Crippen MR) is 87.5 cm³/mol. The number of imide groups is 1. The average molecular weight is 348 g/mol. The highest BCUT2D eigenvalue weighted by molar-refractivity contribution is 7.17. The molecule has 0 saturated heterocycles. The van der Waals surface area contributed by atoms with Gasteiger partial charge in [0.05, 0.1) is 18.9 Å². The maximum atomic E-state index is 12.5. The van der Waals surface area contributed by atoms with Gasteiger partial charge in [-0.15, -0.1) is 11.3 Å². The van der Waals surface area contributed by atoms with Gasteiger partial charge in [-0.2, -0.15) is 0 Å². The van der Waals surface area contributed by atoms with E-state index in [-0.39, 0.29) is 5.76 Å². The van der Waals surface area contributed by atoms with Crippen LogP contribution in [0.4, 0.5) is 9.80 Å². The second-order valence-electron chi connectivity index (χ2n) is 5.29. The number of nitrogens with one attached hydrogen (secondary N) is 2. The minimum absolute atomic E-state index is 0.153. The highest BCUT2D eigenvalue weighted by Crippen LogP contribution is 2.38. The monoisotopic (exact) mass is 348 g/mol. The lowest BCUT2D eigenvalue weighted by molar-refractivity contribution is 0.0937. The van der Waals surface area contributed by atoms with Crippen LogP contribution in [0.5, 0.6) is 0 Å². The summed E-state index contributed by atoms with van der Waals surface area (Å²) < 4.78 is 9.54. The second-order valence-corrected chi connectivity index (χ2v) is 6.40. The van der Waals surface area contributed by atoms with Crippen molar-refractivity contribution in [3.63, 3.8) is 0 Å². The van der Waals surface area contributed by atoms with Gasteiger partial charge in [-0.25, -0.2) is 4.79 Å². The number of carbonyl (C=O) groups excluding carboxylic acids is 3. The van der Waals surface area contributed by atoms with Crippen molar-refractivity contribution < 1.29 is 23.5 Å². The highest BCUT2D eigenvalue weighted by atomic mass is 32.1. The average Bonchev–Trinajstić information content (AvgIpc) is 3.21. The van der Waals surface area contributed by atoms with Gasteiger partial charge >= 0.3 is 6.09 Å². The molecule has 7 nitrogen and oxygen atoms in total. The van der Waals surface area contributed by atoms with Crippen LogP contribution in [0.25, 0.3) is 0 Å². The van der Waals surface area contributed by atoms with Crippen LogP contribution in [0.2, 0.25) is 0 Å². The van der Waals surface area contributed by atoms with Crippen LogP contribution in [0, 0.1) is 0 Å². The van der Waals surface area contributed by atoms with Gasteiger partial charge in [0.1, 0.15) is 5.00 Å². The van der Waals surface area contributed by atoms with Crippen LogP contribution >= 0.6 is 11.3 Å². The third-order valence-electron chi connectivity index (χ3n) is 3.77. The Kier molecular flexibility index (Phi) is 4.66. The van der Waals surface area contributed by atoms with Gasteiger partial charge < -0.3 is 14.5 Å². The van der Waals surface area contributed by atoms with Crippen molar-refractivity contribution in [2.24, 2.45) is 0 Å². The van der Waals surface area contributed by atoms with Gasteiger partial charge in [0, 0.05) is 4.88 Å². The van der Waals surface area contributed by atoms with Crippen LogP contribution in [0.15, 0.2) is 22.8 Å². The Labute approximate surface area is 142 Å². The SMILES string of the molecule is COC(=O)NC(=O)c1c(NC(=O)c2ccco2)sc2c1CCCC2. The number of hydrogen-bond acceptors (Lipinski definition) is 6. The number of anilines is 1. The summed E-state index contributed by atoms with van der Waals surface area (Å²) in [6.45, 7) is 0. The van der Waals surface area contributed by atoms with E-state index in [0.29, 0.717) is 10.6 Å². The van der Waals surface area contributed by atoms with Crippen molar-refractivity contribution in [1.82, 2.24) is 5.32 Å². The number of hydrogen-bond donors (Lipinski definition) is 2. The van der Waals surface area contributed by atoms with Gasteiger partial charge in [0.2, 0.25) is 0 Å². The van der Waals surface area contributed by atoms with E-state index in [1.54, 1.807) is 6.07 Å². The molecular weight excluding hydrogens is 332 g/mol. The van der Waals surface area contributed by atoms with Crippen LogP contribution in [0.1, 0.15) is 44.2 Å². The molecule has 8 heteroatoms.